The number of rotatable bonds is 6. The van der Waals surface area contributed by atoms with Crippen LogP contribution in [0.1, 0.15) is 40.0 Å². The third-order valence-corrected chi connectivity index (χ3v) is 2.18. The zero-order valence-electron chi connectivity index (χ0n) is 10.5. The zero-order valence-corrected chi connectivity index (χ0v) is 10.5. The van der Waals surface area contributed by atoms with E-state index in [0.29, 0.717) is 6.42 Å². The van der Waals surface area contributed by atoms with Crippen LogP contribution in [0.4, 0.5) is 4.79 Å². The van der Waals surface area contributed by atoms with Crippen LogP contribution in [0.2, 0.25) is 0 Å². The van der Waals surface area contributed by atoms with Gasteiger partial charge in [0.2, 0.25) is 0 Å². The molecule has 0 aromatic carbocycles. The maximum atomic E-state index is 11.6. The first kappa shape index (κ1) is 15.3. The lowest BCUT2D eigenvalue weighted by Crippen LogP contribution is -2.50. The summed E-state index contributed by atoms with van der Waals surface area (Å²) in [5.41, 5.74) is -0.746. The second-order valence-corrected chi connectivity index (χ2v) is 4.45. The van der Waals surface area contributed by atoms with E-state index in [4.69, 9.17) is 11.5 Å². The Kier molecular flexibility index (Phi) is 6.11. The largest absolute Gasteiger partial charge is 0.481 e. The molecule has 0 aromatic heterocycles. The number of hydrogen-bond acceptors (Lipinski definition) is 2. The van der Waals surface area contributed by atoms with Gasteiger partial charge in [-0.2, -0.15) is 0 Å². The minimum atomic E-state index is -0.931. The van der Waals surface area contributed by atoms with Gasteiger partial charge in [0.25, 0.3) is 0 Å². The van der Waals surface area contributed by atoms with Crippen LogP contribution in [0, 0.1) is 12.3 Å². The second kappa shape index (κ2) is 6.79. The number of carboxylic acid groups (broad SMARTS) is 1. The van der Waals surface area contributed by atoms with Crippen molar-refractivity contribution in [2.45, 2.75) is 51.6 Å². The molecule has 17 heavy (non-hydrogen) atoms. The average molecular weight is 240 g/mol. The molecule has 0 rings (SSSR count). The molecule has 0 radical (unpaired) electrons. The number of urea groups is 1. The summed E-state index contributed by atoms with van der Waals surface area (Å²) >= 11 is 0. The summed E-state index contributed by atoms with van der Waals surface area (Å²) in [5, 5.41) is 13.9. The van der Waals surface area contributed by atoms with E-state index in [2.05, 4.69) is 16.6 Å². The van der Waals surface area contributed by atoms with Crippen LogP contribution in [0.3, 0.4) is 0 Å². The summed E-state index contributed by atoms with van der Waals surface area (Å²) in [5.74, 6) is 1.50. The van der Waals surface area contributed by atoms with Gasteiger partial charge < -0.3 is 15.7 Å². The minimum absolute atomic E-state index is 0.0856. The van der Waals surface area contributed by atoms with E-state index in [-0.39, 0.29) is 12.5 Å². The Morgan fingerprint density at radius 1 is 1.47 bits per heavy atom. The Morgan fingerprint density at radius 3 is 2.47 bits per heavy atom. The molecule has 0 aliphatic heterocycles. The Labute approximate surface area is 102 Å². The van der Waals surface area contributed by atoms with E-state index in [0.717, 1.165) is 6.42 Å². The topological polar surface area (TPSA) is 78.4 Å². The van der Waals surface area contributed by atoms with Gasteiger partial charge in [-0.3, -0.25) is 4.79 Å². The van der Waals surface area contributed by atoms with Gasteiger partial charge in [0, 0.05) is 6.04 Å². The highest BCUT2D eigenvalue weighted by Gasteiger charge is 2.20. The molecule has 1 unspecified atom stereocenters. The van der Waals surface area contributed by atoms with E-state index in [1.165, 1.54) is 0 Å². The first-order valence-corrected chi connectivity index (χ1v) is 5.59. The van der Waals surface area contributed by atoms with E-state index < -0.39 is 17.5 Å². The quantitative estimate of drug-likeness (QED) is 0.613. The Balaban J connectivity index is 4.31. The Hall–Kier alpha value is -1.70. The molecule has 5 nitrogen and oxygen atoms in total. The molecule has 2 amide bonds. The van der Waals surface area contributed by atoms with Crippen molar-refractivity contribution in [3.8, 4) is 12.3 Å². The molecule has 0 aromatic rings. The molecule has 1 atom stereocenters. The van der Waals surface area contributed by atoms with Gasteiger partial charge >= 0.3 is 12.0 Å². The van der Waals surface area contributed by atoms with E-state index >= 15 is 0 Å². The van der Waals surface area contributed by atoms with Crippen LogP contribution < -0.4 is 10.6 Å². The minimum Gasteiger partial charge on any atom is -0.481 e. The summed E-state index contributed by atoms with van der Waals surface area (Å²) in [6.45, 7) is 5.32. The van der Waals surface area contributed by atoms with Crippen LogP contribution >= 0.6 is 0 Å². The molecule has 3 N–H and O–H groups in total. The smallest absolute Gasteiger partial charge is 0.316 e. The molecule has 0 saturated heterocycles. The third-order valence-electron chi connectivity index (χ3n) is 2.18. The van der Waals surface area contributed by atoms with E-state index in [9.17, 15) is 9.59 Å². The molecular formula is C12H20N2O3. The summed E-state index contributed by atoms with van der Waals surface area (Å²) < 4.78 is 0. The van der Waals surface area contributed by atoms with Crippen LogP contribution in [-0.4, -0.2) is 28.7 Å². The zero-order chi connectivity index (χ0) is 13.5. The number of aliphatic carboxylic acids is 1. The van der Waals surface area contributed by atoms with Gasteiger partial charge in [-0.1, -0.05) is 19.3 Å². The summed E-state index contributed by atoms with van der Waals surface area (Å²) in [7, 11) is 0. The predicted molar refractivity (Wildman–Crippen MR) is 65.5 cm³/mol. The SMILES string of the molecule is C#CC(C)(C)NC(=O)NC(CCC)CC(=O)O. The van der Waals surface area contributed by atoms with Crippen LogP contribution in [0.15, 0.2) is 0 Å². The molecule has 5 heteroatoms. The third kappa shape index (κ3) is 7.23. The molecule has 0 aliphatic carbocycles. The second-order valence-electron chi connectivity index (χ2n) is 4.45. The molecule has 96 valence electrons. The van der Waals surface area contributed by atoms with Crippen molar-refractivity contribution < 1.29 is 14.7 Å². The average Bonchev–Trinajstić information content (AvgIpc) is 2.16. The fraction of sp³-hybridized carbons (Fsp3) is 0.667. The number of terminal acetylenes is 1. The number of carboxylic acids is 1. The molecule has 0 aliphatic rings. The normalized spacial score (nSPS) is 12.4. The molecule has 0 saturated carbocycles. The number of hydrogen-bond donors (Lipinski definition) is 3. The van der Waals surface area contributed by atoms with Gasteiger partial charge in [0.1, 0.15) is 0 Å². The number of carbonyl (C=O) groups excluding carboxylic acids is 1. The standard InChI is InChI=1S/C12H20N2O3/c1-5-7-9(8-10(15)16)13-11(17)14-12(3,4)6-2/h2,9H,5,7-8H2,1,3-4H3,(H,15,16)(H2,13,14,17). The lowest BCUT2D eigenvalue weighted by atomic mass is 10.1. The highest BCUT2D eigenvalue weighted by atomic mass is 16.4. The molecule has 0 fully saturated rings. The molecule has 0 bridgehead atoms. The maximum absolute atomic E-state index is 11.6. The monoisotopic (exact) mass is 240 g/mol. The molecular weight excluding hydrogens is 220 g/mol. The number of amides is 2. The fourth-order valence-corrected chi connectivity index (χ4v) is 1.33. The molecule has 0 spiro atoms. The maximum Gasteiger partial charge on any atom is 0.316 e. The Morgan fingerprint density at radius 2 is 2.06 bits per heavy atom. The van der Waals surface area contributed by atoms with E-state index in [1.807, 2.05) is 6.92 Å². The Bertz CT molecular complexity index is 318. The van der Waals surface area contributed by atoms with Crippen LogP contribution in [0.25, 0.3) is 0 Å². The van der Waals surface area contributed by atoms with Crippen molar-refractivity contribution in [1.29, 1.82) is 0 Å². The number of carbonyl (C=O) groups is 2. The van der Waals surface area contributed by atoms with Crippen molar-refractivity contribution in [3.63, 3.8) is 0 Å². The van der Waals surface area contributed by atoms with Gasteiger partial charge in [0.05, 0.1) is 12.0 Å². The van der Waals surface area contributed by atoms with Gasteiger partial charge in [-0.05, 0) is 20.3 Å². The summed E-state index contributed by atoms with van der Waals surface area (Å²) in [6.07, 6.45) is 6.58. The van der Waals surface area contributed by atoms with E-state index in [1.54, 1.807) is 13.8 Å². The fourth-order valence-electron chi connectivity index (χ4n) is 1.33. The van der Waals surface area contributed by atoms with Crippen molar-refractivity contribution in [3.05, 3.63) is 0 Å². The van der Waals surface area contributed by atoms with Crippen molar-refractivity contribution in [2.75, 3.05) is 0 Å². The predicted octanol–water partition coefficient (Wildman–Crippen LogP) is 1.34. The highest BCUT2D eigenvalue weighted by molar-refractivity contribution is 5.76. The summed E-state index contributed by atoms with van der Waals surface area (Å²) in [6, 6.07) is -0.807. The van der Waals surface area contributed by atoms with Gasteiger partial charge in [-0.15, -0.1) is 6.42 Å². The van der Waals surface area contributed by atoms with Gasteiger partial charge in [0.15, 0.2) is 0 Å². The first-order chi connectivity index (χ1) is 7.80. The van der Waals surface area contributed by atoms with Crippen LogP contribution in [-0.2, 0) is 4.79 Å². The molecule has 0 heterocycles. The van der Waals surface area contributed by atoms with Crippen molar-refractivity contribution >= 4 is 12.0 Å². The first-order valence-electron chi connectivity index (χ1n) is 5.59. The van der Waals surface area contributed by atoms with Gasteiger partial charge in [-0.25, -0.2) is 4.79 Å². The number of nitrogens with one attached hydrogen (secondary N) is 2. The van der Waals surface area contributed by atoms with Crippen LogP contribution in [0.5, 0.6) is 0 Å². The lowest BCUT2D eigenvalue weighted by molar-refractivity contribution is -0.137. The lowest BCUT2D eigenvalue weighted by Gasteiger charge is -2.23. The highest BCUT2D eigenvalue weighted by Crippen LogP contribution is 2.03. The van der Waals surface area contributed by atoms with Crippen molar-refractivity contribution in [1.82, 2.24) is 10.6 Å². The summed E-state index contributed by atoms with van der Waals surface area (Å²) in [4.78, 5) is 22.2. The van der Waals surface area contributed by atoms with Crippen molar-refractivity contribution in [2.24, 2.45) is 0 Å².